The summed E-state index contributed by atoms with van der Waals surface area (Å²) < 4.78 is 19.4. The first-order valence-electron chi connectivity index (χ1n) is 6.66. The Morgan fingerprint density at radius 2 is 2.00 bits per heavy atom. The number of primary amides is 1. The predicted molar refractivity (Wildman–Crippen MR) is 82.6 cm³/mol. The molecule has 1 aliphatic rings. The number of hydrogen-bond acceptors (Lipinski definition) is 3. The number of aromatic hydroxyl groups is 1. The highest BCUT2D eigenvalue weighted by molar-refractivity contribution is 6.33. The maximum Gasteiger partial charge on any atom is 0.204 e. The van der Waals surface area contributed by atoms with Crippen molar-refractivity contribution < 1.29 is 19.0 Å². The first-order chi connectivity index (χ1) is 10.6. The van der Waals surface area contributed by atoms with E-state index in [1.807, 2.05) is 0 Å². The fourth-order valence-electron chi connectivity index (χ4n) is 2.36. The van der Waals surface area contributed by atoms with Crippen molar-refractivity contribution in [1.29, 1.82) is 0 Å². The average Bonchev–Trinajstić information content (AvgIpc) is 2.49. The van der Waals surface area contributed by atoms with Crippen LogP contribution in [0.25, 0.3) is 11.1 Å². The van der Waals surface area contributed by atoms with Crippen molar-refractivity contribution >= 4 is 18.0 Å². The third kappa shape index (κ3) is 3.49. The number of aryl methyl sites for hydroxylation is 1. The molecule has 1 aliphatic heterocycles. The molecule has 116 valence electrons. The minimum atomic E-state index is -0.321. The van der Waals surface area contributed by atoms with Gasteiger partial charge in [-0.15, -0.1) is 0 Å². The van der Waals surface area contributed by atoms with Crippen molar-refractivity contribution in [2.75, 3.05) is 6.61 Å². The van der Waals surface area contributed by atoms with E-state index in [0.717, 1.165) is 18.4 Å². The lowest BCUT2D eigenvalue weighted by Crippen LogP contribution is -2.10. The summed E-state index contributed by atoms with van der Waals surface area (Å²) in [6.07, 6.45) is 1.92. The Kier molecular flexibility index (Phi) is 5.22. The van der Waals surface area contributed by atoms with Gasteiger partial charge in [-0.3, -0.25) is 4.79 Å². The summed E-state index contributed by atoms with van der Waals surface area (Å²) in [4.78, 5) is 8.58. The third-order valence-corrected chi connectivity index (χ3v) is 3.54. The monoisotopic (exact) mass is 323 g/mol. The molecule has 1 amide bonds. The van der Waals surface area contributed by atoms with Gasteiger partial charge in [0.15, 0.2) is 0 Å². The predicted octanol–water partition coefficient (Wildman–Crippen LogP) is 3.28. The Morgan fingerprint density at radius 1 is 1.27 bits per heavy atom. The van der Waals surface area contributed by atoms with Crippen molar-refractivity contribution in [1.82, 2.24) is 0 Å². The second-order valence-corrected chi connectivity index (χ2v) is 5.10. The number of phenols is 1. The van der Waals surface area contributed by atoms with Crippen LogP contribution in [0.15, 0.2) is 30.3 Å². The number of phenolic OH excluding ortho intramolecular Hbond substituents is 1. The van der Waals surface area contributed by atoms with Gasteiger partial charge in [0.2, 0.25) is 6.41 Å². The van der Waals surface area contributed by atoms with E-state index in [1.165, 1.54) is 24.3 Å². The van der Waals surface area contributed by atoms with Gasteiger partial charge in [0.25, 0.3) is 0 Å². The number of ether oxygens (including phenoxy) is 1. The lowest BCUT2D eigenvalue weighted by atomic mass is 9.97. The van der Waals surface area contributed by atoms with Crippen LogP contribution >= 0.6 is 11.6 Å². The summed E-state index contributed by atoms with van der Waals surface area (Å²) in [7, 11) is 0. The summed E-state index contributed by atoms with van der Waals surface area (Å²) in [6.45, 7) is 0.613. The highest BCUT2D eigenvalue weighted by atomic mass is 35.5. The molecular weight excluding hydrogens is 309 g/mol. The van der Waals surface area contributed by atoms with Gasteiger partial charge in [-0.2, -0.15) is 0 Å². The van der Waals surface area contributed by atoms with E-state index in [0.29, 0.717) is 28.5 Å². The summed E-state index contributed by atoms with van der Waals surface area (Å²) in [6, 6.07) is 7.50. The quantitative estimate of drug-likeness (QED) is 0.791. The van der Waals surface area contributed by atoms with Crippen molar-refractivity contribution in [2.45, 2.75) is 12.8 Å². The Bertz CT molecular complexity index is 691. The Balaban J connectivity index is 0.000000545. The molecule has 0 saturated heterocycles. The summed E-state index contributed by atoms with van der Waals surface area (Å²) in [5, 5.41) is 10.0. The van der Waals surface area contributed by atoms with Crippen molar-refractivity contribution in [3.63, 3.8) is 0 Å². The number of fused-ring (bicyclic) bond motifs is 1. The van der Waals surface area contributed by atoms with Crippen LogP contribution in [0.2, 0.25) is 5.02 Å². The first-order valence-corrected chi connectivity index (χ1v) is 7.04. The number of hydrogen-bond donors (Lipinski definition) is 2. The third-order valence-electron chi connectivity index (χ3n) is 3.21. The zero-order chi connectivity index (χ0) is 16.1. The van der Waals surface area contributed by atoms with E-state index < -0.39 is 0 Å². The molecule has 3 N–H and O–H groups in total. The lowest BCUT2D eigenvalue weighted by molar-refractivity contribution is -0.106. The molecule has 0 atom stereocenters. The SMILES string of the molecule is NC=O.Oc1ccc(Cl)c(-c2cc(F)cc3c2OCCC3)c1. The lowest BCUT2D eigenvalue weighted by Gasteiger charge is -2.21. The second kappa shape index (κ2) is 7.13. The number of carbonyl (C=O) groups is 1. The first kappa shape index (κ1) is 16.1. The summed E-state index contributed by atoms with van der Waals surface area (Å²) in [5.74, 6) is 0.437. The zero-order valence-corrected chi connectivity index (χ0v) is 12.4. The van der Waals surface area contributed by atoms with Gasteiger partial charge in [-0.25, -0.2) is 4.39 Å². The Labute approximate surface area is 132 Å². The molecular formula is C16H15ClFNO3. The Hall–Kier alpha value is -2.27. The molecule has 0 unspecified atom stereocenters. The molecule has 0 spiro atoms. The highest BCUT2D eigenvalue weighted by Gasteiger charge is 2.19. The molecule has 3 rings (SSSR count). The molecule has 4 nitrogen and oxygen atoms in total. The van der Waals surface area contributed by atoms with Crippen LogP contribution in [0.1, 0.15) is 12.0 Å². The van der Waals surface area contributed by atoms with Crippen LogP contribution in [0.5, 0.6) is 11.5 Å². The van der Waals surface area contributed by atoms with Crippen LogP contribution < -0.4 is 10.5 Å². The minimum absolute atomic E-state index is 0.0909. The second-order valence-electron chi connectivity index (χ2n) is 4.69. The largest absolute Gasteiger partial charge is 0.508 e. The van der Waals surface area contributed by atoms with E-state index in [2.05, 4.69) is 5.73 Å². The number of amides is 1. The molecule has 0 bridgehead atoms. The topological polar surface area (TPSA) is 72.6 Å². The van der Waals surface area contributed by atoms with Gasteiger partial charge in [0.1, 0.15) is 17.3 Å². The number of benzene rings is 2. The standard InChI is InChI=1S/C15H12ClFO2.CH3NO/c16-14-4-3-11(18)8-12(14)13-7-10(17)6-9-2-1-5-19-15(9)13;2-1-3/h3-4,6-8,18H,1-2,5H2;1H,(H2,2,3). The maximum atomic E-state index is 13.7. The molecule has 22 heavy (non-hydrogen) atoms. The smallest absolute Gasteiger partial charge is 0.204 e. The molecule has 6 heteroatoms. The molecule has 1 heterocycles. The van der Waals surface area contributed by atoms with Gasteiger partial charge >= 0.3 is 0 Å². The highest BCUT2D eigenvalue weighted by Crippen LogP contribution is 2.41. The molecule has 0 fully saturated rings. The Morgan fingerprint density at radius 3 is 2.73 bits per heavy atom. The summed E-state index contributed by atoms with van der Waals surface area (Å²) in [5.41, 5.74) is 6.19. The maximum absolute atomic E-state index is 13.7. The normalized spacial score (nSPS) is 12.5. The number of rotatable bonds is 1. The molecule has 2 aromatic carbocycles. The van der Waals surface area contributed by atoms with Crippen molar-refractivity contribution in [3.05, 3.63) is 46.7 Å². The number of carbonyl (C=O) groups excluding carboxylic acids is 1. The van der Waals surface area contributed by atoms with E-state index >= 15 is 0 Å². The number of nitrogens with two attached hydrogens (primary N) is 1. The van der Waals surface area contributed by atoms with Crippen LogP contribution in [0, 0.1) is 5.82 Å². The molecule has 0 aliphatic carbocycles. The zero-order valence-electron chi connectivity index (χ0n) is 11.7. The molecule has 0 saturated carbocycles. The molecule has 0 aromatic heterocycles. The van der Waals surface area contributed by atoms with Crippen LogP contribution in [0.4, 0.5) is 4.39 Å². The van der Waals surface area contributed by atoms with E-state index in [9.17, 15) is 9.50 Å². The van der Waals surface area contributed by atoms with E-state index in [-0.39, 0.29) is 18.0 Å². The average molecular weight is 324 g/mol. The van der Waals surface area contributed by atoms with Gasteiger partial charge < -0.3 is 15.6 Å². The molecule has 2 aromatic rings. The van der Waals surface area contributed by atoms with Crippen molar-refractivity contribution in [2.24, 2.45) is 5.73 Å². The van der Waals surface area contributed by atoms with Gasteiger partial charge in [0.05, 0.1) is 6.61 Å². The minimum Gasteiger partial charge on any atom is -0.508 e. The van der Waals surface area contributed by atoms with Crippen LogP contribution in [-0.2, 0) is 11.2 Å². The number of halogens is 2. The van der Waals surface area contributed by atoms with Gasteiger partial charge in [-0.05, 0) is 48.7 Å². The van der Waals surface area contributed by atoms with Crippen LogP contribution in [0.3, 0.4) is 0 Å². The van der Waals surface area contributed by atoms with E-state index in [1.54, 1.807) is 6.07 Å². The fourth-order valence-corrected chi connectivity index (χ4v) is 2.58. The van der Waals surface area contributed by atoms with Crippen molar-refractivity contribution in [3.8, 4) is 22.6 Å². The van der Waals surface area contributed by atoms with Gasteiger partial charge in [0, 0.05) is 16.1 Å². The van der Waals surface area contributed by atoms with Crippen LogP contribution in [-0.4, -0.2) is 18.1 Å². The summed E-state index contributed by atoms with van der Waals surface area (Å²) >= 11 is 6.14. The van der Waals surface area contributed by atoms with Gasteiger partial charge in [-0.1, -0.05) is 11.6 Å². The molecule has 0 radical (unpaired) electrons. The van der Waals surface area contributed by atoms with E-state index in [4.69, 9.17) is 21.1 Å². The fraction of sp³-hybridized carbons (Fsp3) is 0.188.